The highest BCUT2D eigenvalue weighted by Gasteiger charge is 2.45. The molecule has 0 aliphatic heterocycles. The molecule has 7 nitrogen and oxygen atoms in total. The molecule has 0 aromatic carbocycles. The number of rotatable bonds is 8. The maximum Gasteiger partial charge on any atom is 0.309 e. The minimum Gasteiger partial charge on any atom is -0.481 e. The van der Waals surface area contributed by atoms with Crippen molar-refractivity contribution in [3.8, 4) is 0 Å². The zero-order valence-electron chi connectivity index (χ0n) is 14.1. The first-order valence-electron chi connectivity index (χ1n) is 8.19. The van der Waals surface area contributed by atoms with Crippen molar-refractivity contribution >= 4 is 17.7 Å². The van der Waals surface area contributed by atoms with Gasteiger partial charge in [0.25, 0.3) is 0 Å². The molecule has 6 atom stereocenters. The summed E-state index contributed by atoms with van der Waals surface area (Å²) in [5.74, 6) is -2.09. The Morgan fingerprint density at radius 2 is 2.00 bits per heavy atom. The summed E-state index contributed by atoms with van der Waals surface area (Å²) in [4.78, 5) is 22.9. The van der Waals surface area contributed by atoms with Gasteiger partial charge in [-0.05, 0) is 24.7 Å². The third kappa shape index (κ3) is 4.92. The van der Waals surface area contributed by atoms with Crippen molar-refractivity contribution in [1.82, 2.24) is 5.32 Å². The van der Waals surface area contributed by atoms with E-state index in [1.807, 2.05) is 13.8 Å². The number of amides is 1. The highest BCUT2D eigenvalue weighted by atomic mass is 16.4. The Kier molecular flexibility index (Phi) is 7.00. The fraction of sp³-hybridized carbons (Fsp3) is 0.812. The second-order valence-electron chi connectivity index (χ2n) is 6.68. The van der Waals surface area contributed by atoms with E-state index in [4.69, 9.17) is 11.1 Å². The van der Waals surface area contributed by atoms with Crippen molar-refractivity contribution in [2.45, 2.75) is 58.6 Å². The van der Waals surface area contributed by atoms with Gasteiger partial charge in [-0.3, -0.25) is 15.0 Å². The Hall–Kier alpha value is -1.63. The number of aliphatic carboxylic acids is 1. The minimum atomic E-state index is -0.994. The van der Waals surface area contributed by atoms with Gasteiger partial charge in [0.2, 0.25) is 5.91 Å². The number of hydrogen-bond donors (Lipinski definition) is 5. The third-order valence-corrected chi connectivity index (χ3v) is 5.02. The predicted octanol–water partition coefficient (Wildman–Crippen LogP) is 0.951. The average molecular weight is 327 g/mol. The molecule has 0 heterocycles. The molecular formula is C16H29N3O4. The second-order valence-corrected chi connectivity index (χ2v) is 6.68. The van der Waals surface area contributed by atoms with Crippen LogP contribution in [0, 0.1) is 29.1 Å². The van der Waals surface area contributed by atoms with Crippen molar-refractivity contribution in [2.24, 2.45) is 29.4 Å². The number of aliphatic hydroxyl groups is 1. The number of hydrogen-bond acceptors (Lipinski definition) is 4. The summed E-state index contributed by atoms with van der Waals surface area (Å²) in [6.45, 7) is 5.39. The maximum atomic E-state index is 11.6. The van der Waals surface area contributed by atoms with Crippen molar-refractivity contribution in [3.05, 3.63) is 0 Å². The van der Waals surface area contributed by atoms with Gasteiger partial charge in [0.1, 0.15) is 0 Å². The summed E-state index contributed by atoms with van der Waals surface area (Å²) in [6.07, 6.45) is 1.17. The second kappa shape index (κ2) is 8.29. The molecular weight excluding hydrogens is 298 g/mol. The summed E-state index contributed by atoms with van der Waals surface area (Å²) in [5, 5.41) is 30.0. The van der Waals surface area contributed by atoms with Gasteiger partial charge in [0.05, 0.1) is 17.9 Å². The van der Waals surface area contributed by atoms with E-state index in [1.165, 1.54) is 6.92 Å². The monoisotopic (exact) mass is 327 g/mol. The number of amidine groups is 1. The zero-order valence-corrected chi connectivity index (χ0v) is 14.1. The molecule has 0 aromatic rings. The van der Waals surface area contributed by atoms with Crippen LogP contribution in [0.2, 0.25) is 0 Å². The van der Waals surface area contributed by atoms with Crippen LogP contribution in [0.5, 0.6) is 0 Å². The predicted molar refractivity (Wildman–Crippen MR) is 86.9 cm³/mol. The normalized spacial score (nSPS) is 27.9. The minimum absolute atomic E-state index is 0.0231. The Balaban J connectivity index is 3.00. The highest BCUT2D eigenvalue weighted by Crippen LogP contribution is 2.39. The molecule has 0 bridgehead atoms. The molecule has 1 aliphatic rings. The van der Waals surface area contributed by atoms with Crippen LogP contribution < -0.4 is 11.1 Å². The van der Waals surface area contributed by atoms with E-state index < -0.39 is 18.0 Å². The Morgan fingerprint density at radius 1 is 1.39 bits per heavy atom. The van der Waals surface area contributed by atoms with Gasteiger partial charge in [-0.25, -0.2) is 0 Å². The van der Waals surface area contributed by atoms with E-state index in [2.05, 4.69) is 5.32 Å². The van der Waals surface area contributed by atoms with Gasteiger partial charge < -0.3 is 21.3 Å². The van der Waals surface area contributed by atoms with Gasteiger partial charge in [-0.1, -0.05) is 20.3 Å². The van der Waals surface area contributed by atoms with Crippen molar-refractivity contribution in [2.75, 3.05) is 0 Å². The summed E-state index contributed by atoms with van der Waals surface area (Å²) >= 11 is 0. The molecule has 0 radical (unpaired) electrons. The van der Waals surface area contributed by atoms with E-state index >= 15 is 0 Å². The summed E-state index contributed by atoms with van der Waals surface area (Å²) < 4.78 is 0. The molecule has 0 aromatic heterocycles. The van der Waals surface area contributed by atoms with Crippen LogP contribution >= 0.6 is 0 Å². The SMILES string of the molecule is CCC(C(C)CC(=N)N)[C@H](NC(C)=O)[C@H]1CC[C@H](C(=O)O)[C@H]1O. The van der Waals surface area contributed by atoms with Crippen molar-refractivity contribution in [3.63, 3.8) is 0 Å². The molecule has 6 N–H and O–H groups in total. The van der Waals surface area contributed by atoms with Crippen LogP contribution in [-0.2, 0) is 9.59 Å². The van der Waals surface area contributed by atoms with Gasteiger partial charge in [-0.2, -0.15) is 0 Å². The van der Waals surface area contributed by atoms with Crippen LogP contribution in [0.3, 0.4) is 0 Å². The first kappa shape index (κ1) is 19.4. The maximum absolute atomic E-state index is 11.6. The number of nitrogens with one attached hydrogen (secondary N) is 2. The molecule has 132 valence electrons. The first-order chi connectivity index (χ1) is 10.7. The van der Waals surface area contributed by atoms with E-state index in [9.17, 15) is 19.8 Å². The first-order valence-corrected chi connectivity index (χ1v) is 8.19. The number of aliphatic hydroxyl groups excluding tert-OH is 1. The van der Waals surface area contributed by atoms with Gasteiger partial charge in [-0.15, -0.1) is 0 Å². The zero-order chi connectivity index (χ0) is 17.7. The summed E-state index contributed by atoms with van der Waals surface area (Å²) in [6, 6.07) is -0.314. The molecule has 0 saturated heterocycles. The molecule has 1 aliphatic carbocycles. The molecule has 0 spiro atoms. The molecule has 7 heteroatoms. The van der Waals surface area contributed by atoms with Crippen LogP contribution in [-0.4, -0.2) is 40.1 Å². The lowest BCUT2D eigenvalue weighted by Gasteiger charge is -2.37. The van der Waals surface area contributed by atoms with Crippen LogP contribution in [0.4, 0.5) is 0 Å². The summed E-state index contributed by atoms with van der Waals surface area (Å²) in [7, 11) is 0. The van der Waals surface area contributed by atoms with E-state index in [0.717, 1.165) is 6.42 Å². The smallest absolute Gasteiger partial charge is 0.309 e. The van der Waals surface area contributed by atoms with Crippen molar-refractivity contribution < 1.29 is 19.8 Å². The topological polar surface area (TPSA) is 136 Å². The van der Waals surface area contributed by atoms with Gasteiger partial charge >= 0.3 is 5.97 Å². The number of carboxylic acids is 1. The van der Waals surface area contributed by atoms with Crippen molar-refractivity contribution in [1.29, 1.82) is 5.41 Å². The summed E-state index contributed by atoms with van der Waals surface area (Å²) in [5.41, 5.74) is 5.50. The lowest BCUT2D eigenvalue weighted by Crippen LogP contribution is -2.50. The van der Waals surface area contributed by atoms with Crippen LogP contribution in [0.1, 0.15) is 46.5 Å². The molecule has 1 amide bonds. The standard InChI is InChI=1S/C16H29N3O4/c1-4-10(8(2)7-13(17)18)14(19-9(3)20)11-5-6-12(15(11)21)16(22)23/h8,10-12,14-15,21H,4-7H2,1-3H3,(H3,17,18)(H,19,20)(H,22,23)/t8?,10?,11-,12+,14+,15+/m1/s1. The molecule has 2 unspecified atom stereocenters. The highest BCUT2D eigenvalue weighted by molar-refractivity contribution is 5.77. The van der Waals surface area contributed by atoms with Gasteiger partial charge in [0, 0.05) is 25.3 Å². The van der Waals surface area contributed by atoms with Gasteiger partial charge in [0.15, 0.2) is 0 Å². The molecule has 1 rings (SSSR count). The fourth-order valence-electron chi connectivity index (χ4n) is 3.95. The van der Waals surface area contributed by atoms with E-state index in [0.29, 0.717) is 19.3 Å². The lowest BCUT2D eigenvalue weighted by atomic mass is 9.76. The Bertz CT molecular complexity index is 453. The lowest BCUT2D eigenvalue weighted by molar-refractivity contribution is -0.145. The number of carbonyl (C=O) groups is 2. The molecule has 1 saturated carbocycles. The fourth-order valence-corrected chi connectivity index (χ4v) is 3.95. The number of carboxylic acid groups (broad SMARTS) is 1. The number of nitrogens with two attached hydrogens (primary N) is 1. The van der Waals surface area contributed by atoms with E-state index in [-0.39, 0.29) is 35.5 Å². The molecule has 23 heavy (non-hydrogen) atoms. The molecule has 1 fully saturated rings. The average Bonchev–Trinajstić information content (AvgIpc) is 2.78. The number of carbonyl (C=O) groups excluding carboxylic acids is 1. The Morgan fingerprint density at radius 3 is 2.39 bits per heavy atom. The Labute approximate surface area is 137 Å². The van der Waals surface area contributed by atoms with Crippen LogP contribution in [0.15, 0.2) is 0 Å². The third-order valence-electron chi connectivity index (χ3n) is 5.02. The van der Waals surface area contributed by atoms with Crippen LogP contribution in [0.25, 0.3) is 0 Å². The largest absolute Gasteiger partial charge is 0.481 e. The quantitative estimate of drug-likeness (QED) is 0.334. The van der Waals surface area contributed by atoms with E-state index in [1.54, 1.807) is 0 Å².